The quantitative estimate of drug-likeness (QED) is 0.322. The molecule has 1 aliphatic rings. The molecule has 0 aromatic heterocycles. The molecule has 1 N–H and O–H groups in total. The molecule has 3 aromatic rings. The van der Waals surface area contributed by atoms with E-state index < -0.39 is 23.6 Å². The van der Waals surface area contributed by atoms with Gasteiger partial charge in [0, 0.05) is 18.3 Å². The molecule has 1 heterocycles. The first kappa shape index (κ1) is 27.7. The van der Waals surface area contributed by atoms with E-state index >= 15 is 0 Å². The van der Waals surface area contributed by atoms with Crippen LogP contribution in [0, 0.1) is 12.8 Å². The second kappa shape index (κ2) is 11.6. The molecule has 1 fully saturated rings. The van der Waals surface area contributed by atoms with Gasteiger partial charge in [0.2, 0.25) is 0 Å². The average Bonchev–Trinajstić information content (AvgIpc) is 2.88. The fraction of sp³-hybridized carbons (Fsp3) is 0.406. The molecule has 4 rings (SSSR count). The summed E-state index contributed by atoms with van der Waals surface area (Å²) in [5.41, 5.74) is 4.86. The average molecular weight is 524 g/mol. The Balaban J connectivity index is 1.78. The van der Waals surface area contributed by atoms with Gasteiger partial charge >= 0.3 is 12.1 Å². The van der Waals surface area contributed by atoms with Crippen LogP contribution in [0.25, 0.3) is 11.1 Å². The fourth-order valence-corrected chi connectivity index (χ4v) is 5.52. The summed E-state index contributed by atoms with van der Waals surface area (Å²) in [7, 11) is 0. The Morgan fingerprint density at radius 1 is 1.00 bits per heavy atom. The summed E-state index contributed by atoms with van der Waals surface area (Å²) in [6, 6.07) is 19.6. The lowest BCUT2D eigenvalue weighted by molar-refractivity contribution is -0.139. The maximum atomic E-state index is 13.2. The number of carbonyl (C=O) groups is 1. The van der Waals surface area contributed by atoms with Crippen molar-refractivity contribution in [2.24, 2.45) is 5.92 Å². The van der Waals surface area contributed by atoms with Gasteiger partial charge in [0.15, 0.2) is 0 Å². The van der Waals surface area contributed by atoms with Crippen molar-refractivity contribution in [2.45, 2.75) is 71.0 Å². The number of benzene rings is 3. The first-order chi connectivity index (χ1) is 18.0. The van der Waals surface area contributed by atoms with Crippen molar-refractivity contribution in [1.82, 2.24) is 0 Å². The molecule has 6 heteroatoms. The number of piperidine rings is 1. The number of rotatable bonds is 8. The summed E-state index contributed by atoms with van der Waals surface area (Å²) >= 11 is 0. The standard InChI is InChI=1S/C32H36F3NO2/c1-21(2)16-30(31(37)38)26-17-25(23-11-13-27(14-12-23)32(33,34)35)19-29(20-26)36-15-7-6-10-28(36)18-24-9-5-4-8-22(24)3/h4-5,8-9,11-14,17,19-21,28,30H,6-7,10,15-16,18H2,1-3H3,(H,37,38). The van der Waals surface area contributed by atoms with Gasteiger partial charge in [-0.05, 0) is 97.0 Å². The maximum Gasteiger partial charge on any atom is 0.416 e. The molecule has 38 heavy (non-hydrogen) atoms. The molecule has 0 radical (unpaired) electrons. The lowest BCUT2D eigenvalue weighted by Crippen LogP contribution is -2.41. The zero-order chi connectivity index (χ0) is 27.4. The van der Waals surface area contributed by atoms with E-state index in [-0.39, 0.29) is 12.0 Å². The smallest absolute Gasteiger partial charge is 0.416 e. The minimum absolute atomic E-state index is 0.179. The van der Waals surface area contributed by atoms with E-state index in [1.165, 1.54) is 23.3 Å². The molecule has 3 aromatic carbocycles. The molecule has 0 amide bonds. The van der Waals surface area contributed by atoms with Crippen LogP contribution in [0.2, 0.25) is 0 Å². The summed E-state index contributed by atoms with van der Waals surface area (Å²) in [5, 5.41) is 10.1. The van der Waals surface area contributed by atoms with Crippen molar-refractivity contribution in [3.8, 4) is 11.1 Å². The van der Waals surface area contributed by atoms with Crippen molar-refractivity contribution in [3.05, 3.63) is 89.0 Å². The SMILES string of the molecule is Cc1ccccc1CC1CCCCN1c1cc(-c2ccc(C(F)(F)F)cc2)cc(C(CC(C)C)C(=O)O)c1. The Morgan fingerprint density at radius 2 is 1.71 bits per heavy atom. The van der Waals surface area contributed by atoms with Crippen molar-refractivity contribution in [3.63, 3.8) is 0 Å². The number of aliphatic carboxylic acids is 1. The number of aryl methyl sites for hydroxylation is 1. The van der Waals surface area contributed by atoms with Crippen molar-refractivity contribution < 1.29 is 23.1 Å². The summed E-state index contributed by atoms with van der Waals surface area (Å²) in [6.07, 6.45) is 0.164. The number of hydrogen-bond acceptors (Lipinski definition) is 2. The second-order valence-corrected chi connectivity index (χ2v) is 10.9. The van der Waals surface area contributed by atoms with E-state index in [1.807, 2.05) is 38.1 Å². The summed E-state index contributed by atoms with van der Waals surface area (Å²) < 4.78 is 39.6. The Labute approximate surface area is 223 Å². The van der Waals surface area contributed by atoms with Gasteiger partial charge in [-0.25, -0.2) is 0 Å². The van der Waals surface area contributed by atoms with E-state index in [0.717, 1.165) is 55.6 Å². The van der Waals surface area contributed by atoms with Gasteiger partial charge in [-0.3, -0.25) is 4.79 Å². The fourth-order valence-electron chi connectivity index (χ4n) is 5.52. The van der Waals surface area contributed by atoms with E-state index in [2.05, 4.69) is 30.0 Å². The summed E-state index contributed by atoms with van der Waals surface area (Å²) in [4.78, 5) is 14.7. The third kappa shape index (κ3) is 6.58. The summed E-state index contributed by atoms with van der Waals surface area (Å²) in [6.45, 7) is 6.97. The highest BCUT2D eigenvalue weighted by atomic mass is 19.4. The van der Waals surface area contributed by atoms with Gasteiger partial charge < -0.3 is 10.0 Å². The molecule has 0 aliphatic carbocycles. The van der Waals surface area contributed by atoms with Crippen molar-refractivity contribution in [1.29, 1.82) is 0 Å². The Kier molecular flexibility index (Phi) is 8.49. The van der Waals surface area contributed by atoms with Gasteiger partial charge in [-0.15, -0.1) is 0 Å². The zero-order valence-electron chi connectivity index (χ0n) is 22.3. The first-order valence-corrected chi connectivity index (χ1v) is 13.4. The second-order valence-electron chi connectivity index (χ2n) is 10.9. The van der Waals surface area contributed by atoms with E-state index in [0.29, 0.717) is 17.5 Å². The molecular formula is C32H36F3NO2. The molecule has 0 spiro atoms. The minimum Gasteiger partial charge on any atom is -0.481 e. The summed E-state index contributed by atoms with van der Waals surface area (Å²) in [5.74, 6) is -1.40. The number of carboxylic acids is 1. The van der Waals surface area contributed by atoms with Crippen LogP contribution in [0.5, 0.6) is 0 Å². The number of hydrogen-bond donors (Lipinski definition) is 1. The first-order valence-electron chi connectivity index (χ1n) is 13.4. The van der Waals surface area contributed by atoms with Crippen LogP contribution in [0.15, 0.2) is 66.7 Å². The highest BCUT2D eigenvalue weighted by molar-refractivity contribution is 5.79. The molecule has 202 valence electrons. The Bertz CT molecular complexity index is 1250. The Morgan fingerprint density at radius 3 is 2.34 bits per heavy atom. The lowest BCUT2D eigenvalue weighted by Gasteiger charge is -2.38. The highest BCUT2D eigenvalue weighted by Crippen LogP contribution is 2.37. The number of carboxylic acid groups (broad SMARTS) is 1. The maximum absolute atomic E-state index is 13.2. The van der Waals surface area contributed by atoms with Crippen LogP contribution in [0.4, 0.5) is 18.9 Å². The molecule has 2 unspecified atom stereocenters. The number of alkyl halides is 3. The molecule has 3 nitrogen and oxygen atoms in total. The predicted octanol–water partition coefficient (Wildman–Crippen LogP) is 8.50. The Hall–Kier alpha value is -3.28. The molecule has 2 atom stereocenters. The van der Waals surface area contributed by atoms with Crippen LogP contribution < -0.4 is 4.90 Å². The van der Waals surface area contributed by atoms with E-state index in [1.54, 1.807) is 0 Å². The van der Waals surface area contributed by atoms with Gasteiger partial charge in [0.05, 0.1) is 11.5 Å². The lowest BCUT2D eigenvalue weighted by atomic mass is 9.87. The highest BCUT2D eigenvalue weighted by Gasteiger charge is 2.30. The predicted molar refractivity (Wildman–Crippen MR) is 147 cm³/mol. The van der Waals surface area contributed by atoms with Gasteiger partial charge in [-0.2, -0.15) is 13.2 Å². The molecular weight excluding hydrogens is 487 g/mol. The minimum atomic E-state index is -4.41. The molecule has 1 aliphatic heterocycles. The molecule has 0 saturated carbocycles. The number of halogens is 3. The van der Waals surface area contributed by atoms with Crippen LogP contribution in [-0.2, 0) is 17.4 Å². The van der Waals surface area contributed by atoms with Crippen molar-refractivity contribution in [2.75, 3.05) is 11.4 Å². The topological polar surface area (TPSA) is 40.5 Å². The van der Waals surface area contributed by atoms with Gasteiger partial charge in [-0.1, -0.05) is 56.3 Å². The van der Waals surface area contributed by atoms with Gasteiger partial charge in [0.25, 0.3) is 0 Å². The van der Waals surface area contributed by atoms with E-state index in [9.17, 15) is 23.1 Å². The van der Waals surface area contributed by atoms with Crippen LogP contribution >= 0.6 is 0 Å². The monoisotopic (exact) mass is 523 g/mol. The number of nitrogens with zero attached hydrogens (tertiary/aromatic N) is 1. The van der Waals surface area contributed by atoms with E-state index in [4.69, 9.17) is 0 Å². The largest absolute Gasteiger partial charge is 0.481 e. The third-order valence-corrected chi connectivity index (χ3v) is 7.57. The normalized spacial score (nSPS) is 17.0. The number of anilines is 1. The van der Waals surface area contributed by atoms with Crippen LogP contribution in [0.1, 0.15) is 67.7 Å². The zero-order valence-corrected chi connectivity index (χ0v) is 22.3. The van der Waals surface area contributed by atoms with Crippen molar-refractivity contribution >= 4 is 11.7 Å². The van der Waals surface area contributed by atoms with Crippen LogP contribution in [-0.4, -0.2) is 23.7 Å². The van der Waals surface area contributed by atoms with Gasteiger partial charge in [0.1, 0.15) is 0 Å². The third-order valence-electron chi connectivity index (χ3n) is 7.57. The molecule has 1 saturated heterocycles. The molecule has 0 bridgehead atoms. The van der Waals surface area contributed by atoms with Crippen LogP contribution in [0.3, 0.4) is 0 Å².